The third-order valence-corrected chi connectivity index (χ3v) is 2.77. The van der Waals surface area contributed by atoms with Crippen LogP contribution in [0.5, 0.6) is 0 Å². The maximum absolute atomic E-state index is 12.5. The van der Waals surface area contributed by atoms with Crippen molar-refractivity contribution in [3.63, 3.8) is 0 Å². The van der Waals surface area contributed by atoms with Crippen molar-refractivity contribution in [2.45, 2.75) is 19.5 Å². The number of halogens is 4. The van der Waals surface area contributed by atoms with Crippen LogP contribution in [0.25, 0.3) is 0 Å². The molecule has 0 spiro atoms. The number of rotatable bonds is 5. The molecule has 0 amide bonds. The molecule has 0 bridgehead atoms. The number of alkyl halides is 3. The third-order valence-electron chi connectivity index (χ3n) is 2.46. The first-order valence-electron chi connectivity index (χ1n) is 5.70. The second kappa shape index (κ2) is 6.14. The molecule has 106 valence electrons. The highest BCUT2D eigenvalue weighted by molar-refractivity contribution is 6.33. The van der Waals surface area contributed by atoms with E-state index in [1.54, 1.807) is 6.92 Å². The first-order valence-corrected chi connectivity index (χ1v) is 6.08. The van der Waals surface area contributed by atoms with Crippen molar-refractivity contribution in [1.82, 2.24) is 0 Å². The predicted molar refractivity (Wildman–Crippen MR) is 71.0 cm³/mol. The smallest absolute Gasteiger partial charge is 0.384 e. The summed E-state index contributed by atoms with van der Waals surface area (Å²) < 4.78 is 37.5. The summed E-state index contributed by atoms with van der Waals surface area (Å²) in [7, 11) is 0. The quantitative estimate of drug-likeness (QED) is 0.646. The zero-order valence-electron chi connectivity index (χ0n) is 10.4. The summed E-state index contributed by atoms with van der Waals surface area (Å²) in [6.07, 6.45) is -3.72. The van der Waals surface area contributed by atoms with Gasteiger partial charge in [-0.15, -0.1) is 0 Å². The molecular formula is C12H15ClF3N3. The Bertz CT molecular complexity index is 460. The lowest BCUT2D eigenvalue weighted by Crippen LogP contribution is -2.35. The van der Waals surface area contributed by atoms with Gasteiger partial charge < -0.3 is 10.6 Å². The zero-order chi connectivity index (χ0) is 14.6. The normalized spacial score (nSPS) is 11.4. The highest BCUT2D eigenvalue weighted by atomic mass is 35.5. The second-order valence-corrected chi connectivity index (χ2v) is 4.52. The summed E-state index contributed by atoms with van der Waals surface area (Å²) in [5.41, 5.74) is 5.98. The Morgan fingerprint density at radius 3 is 2.47 bits per heavy atom. The average Bonchev–Trinajstić information content (AvgIpc) is 2.26. The SMILES string of the molecule is CCCN(CC(F)(F)F)c1ccc(C(=N)N)cc1Cl. The van der Waals surface area contributed by atoms with Crippen molar-refractivity contribution < 1.29 is 13.2 Å². The summed E-state index contributed by atoms with van der Waals surface area (Å²) in [5.74, 6) is -0.175. The lowest BCUT2D eigenvalue weighted by molar-refractivity contribution is -0.119. The van der Waals surface area contributed by atoms with Gasteiger partial charge in [0.25, 0.3) is 0 Å². The zero-order valence-corrected chi connectivity index (χ0v) is 11.1. The molecule has 1 aromatic rings. The Balaban J connectivity index is 3.06. The minimum Gasteiger partial charge on any atom is -0.384 e. The molecule has 1 rings (SSSR count). The largest absolute Gasteiger partial charge is 0.405 e. The number of nitrogens with one attached hydrogen (secondary N) is 1. The highest BCUT2D eigenvalue weighted by Crippen LogP contribution is 2.29. The molecule has 3 N–H and O–H groups in total. The fraction of sp³-hybridized carbons (Fsp3) is 0.417. The summed E-state index contributed by atoms with van der Waals surface area (Å²) >= 11 is 5.97. The Labute approximate surface area is 114 Å². The minimum absolute atomic E-state index is 0.158. The molecule has 0 aromatic heterocycles. The molecule has 0 heterocycles. The Kier molecular flexibility index (Phi) is 5.05. The Hall–Kier alpha value is -1.43. The fourth-order valence-electron chi connectivity index (χ4n) is 1.70. The molecule has 0 atom stereocenters. The van der Waals surface area contributed by atoms with Crippen LogP contribution in [0.3, 0.4) is 0 Å². The van der Waals surface area contributed by atoms with Gasteiger partial charge in [-0.2, -0.15) is 13.2 Å². The predicted octanol–water partition coefficient (Wildman–Crippen LogP) is 3.40. The van der Waals surface area contributed by atoms with Crippen LogP contribution in [0.1, 0.15) is 18.9 Å². The molecule has 0 fully saturated rings. The summed E-state index contributed by atoms with van der Waals surface area (Å²) in [4.78, 5) is 1.17. The molecule has 0 saturated carbocycles. The van der Waals surface area contributed by atoms with Crippen LogP contribution in [0.4, 0.5) is 18.9 Å². The van der Waals surface area contributed by atoms with Gasteiger partial charge in [0.15, 0.2) is 0 Å². The van der Waals surface area contributed by atoms with E-state index in [4.69, 9.17) is 22.7 Å². The number of nitrogens with two attached hydrogens (primary N) is 1. The first kappa shape index (κ1) is 15.6. The van der Waals surface area contributed by atoms with E-state index >= 15 is 0 Å². The summed E-state index contributed by atoms with van der Waals surface area (Å²) in [6.45, 7) is 0.986. The average molecular weight is 294 g/mol. The van der Waals surface area contributed by atoms with E-state index in [2.05, 4.69) is 0 Å². The van der Waals surface area contributed by atoms with E-state index in [1.165, 1.54) is 23.1 Å². The number of nitrogen functional groups attached to an aromatic ring is 1. The van der Waals surface area contributed by atoms with Gasteiger partial charge in [0.2, 0.25) is 0 Å². The Morgan fingerprint density at radius 1 is 1.42 bits per heavy atom. The van der Waals surface area contributed by atoms with Crippen LogP contribution in [-0.4, -0.2) is 25.1 Å². The fourth-order valence-corrected chi connectivity index (χ4v) is 2.00. The third kappa shape index (κ3) is 4.63. The number of amidine groups is 1. The van der Waals surface area contributed by atoms with Crippen LogP contribution < -0.4 is 10.6 Å². The molecule has 0 radical (unpaired) electrons. The van der Waals surface area contributed by atoms with Crippen LogP contribution in [0.15, 0.2) is 18.2 Å². The molecule has 0 aliphatic rings. The maximum atomic E-state index is 12.5. The van der Waals surface area contributed by atoms with E-state index in [0.717, 1.165) is 0 Å². The molecule has 0 aliphatic carbocycles. The van der Waals surface area contributed by atoms with Gasteiger partial charge in [0.1, 0.15) is 12.4 Å². The number of benzene rings is 1. The van der Waals surface area contributed by atoms with Crippen molar-refractivity contribution in [2.24, 2.45) is 5.73 Å². The van der Waals surface area contributed by atoms with E-state index in [-0.39, 0.29) is 17.4 Å². The molecule has 1 aromatic carbocycles. The summed E-state index contributed by atoms with van der Waals surface area (Å²) in [5, 5.41) is 7.42. The Morgan fingerprint density at radius 2 is 2.05 bits per heavy atom. The molecule has 7 heteroatoms. The van der Waals surface area contributed by atoms with E-state index in [0.29, 0.717) is 17.7 Å². The van der Waals surface area contributed by atoms with Gasteiger partial charge in [-0.1, -0.05) is 18.5 Å². The van der Waals surface area contributed by atoms with E-state index in [1.807, 2.05) is 0 Å². The highest BCUT2D eigenvalue weighted by Gasteiger charge is 2.31. The van der Waals surface area contributed by atoms with Gasteiger partial charge in [-0.25, -0.2) is 0 Å². The van der Waals surface area contributed by atoms with Crippen molar-refractivity contribution in [2.75, 3.05) is 18.0 Å². The van der Waals surface area contributed by atoms with Gasteiger partial charge in [0, 0.05) is 12.1 Å². The first-order chi connectivity index (χ1) is 8.74. The van der Waals surface area contributed by atoms with Crippen LogP contribution in [0, 0.1) is 5.41 Å². The second-order valence-electron chi connectivity index (χ2n) is 4.12. The van der Waals surface area contributed by atoms with Gasteiger partial charge in [0.05, 0.1) is 10.7 Å². The number of hydrogen-bond donors (Lipinski definition) is 2. The molecule has 0 saturated heterocycles. The van der Waals surface area contributed by atoms with Crippen LogP contribution in [0.2, 0.25) is 5.02 Å². The number of anilines is 1. The van der Waals surface area contributed by atoms with Crippen LogP contribution in [-0.2, 0) is 0 Å². The summed E-state index contributed by atoms with van der Waals surface area (Å²) in [6, 6.07) is 4.35. The van der Waals surface area contributed by atoms with Crippen molar-refractivity contribution in [1.29, 1.82) is 5.41 Å². The maximum Gasteiger partial charge on any atom is 0.405 e. The standard InChI is InChI=1S/C12H15ClF3N3/c1-2-5-19(7-12(14,15)16)10-4-3-8(11(17)18)6-9(10)13/h3-4,6H,2,5,7H2,1H3,(H3,17,18). The lowest BCUT2D eigenvalue weighted by atomic mass is 10.1. The lowest BCUT2D eigenvalue weighted by Gasteiger charge is -2.26. The molecule has 0 unspecified atom stereocenters. The van der Waals surface area contributed by atoms with Gasteiger partial charge >= 0.3 is 6.18 Å². The molecule has 0 aliphatic heterocycles. The van der Waals surface area contributed by atoms with Crippen molar-refractivity contribution in [3.05, 3.63) is 28.8 Å². The topological polar surface area (TPSA) is 53.1 Å². The van der Waals surface area contributed by atoms with Crippen LogP contribution >= 0.6 is 11.6 Å². The number of hydrogen-bond acceptors (Lipinski definition) is 2. The van der Waals surface area contributed by atoms with Gasteiger partial charge in [-0.3, -0.25) is 5.41 Å². The van der Waals surface area contributed by atoms with Gasteiger partial charge in [-0.05, 0) is 24.6 Å². The van der Waals surface area contributed by atoms with Crippen molar-refractivity contribution >= 4 is 23.1 Å². The number of nitrogens with zero attached hydrogens (tertiary/aromatic N) is 1. The van der Waals surface area contributed by atoms with E-state index in [9.17, 15) is 13.2 Å². The molecular weight excluding hydrogens is 279 g/mol. The molecule has 3 nitrogen and oxygen atoms in total. The van der Waals surface area contributed by atoms with Crippen molar-refractivity contribution in [3.8, 4) is 0 Å². The monoisotopic (exact) mass is 293 g/mol. The molecule has 19 heavy (non-hydrogen) atoms. The minimum atomic E-state index is -4.29. The van der Waals surface area contributed by atoms with E-state index < -0.39 is 12.7 Å².